The highest BCUT2D eigenvalue weighted by molar-refractivity contribution is 5.79. The summed E-state index contributed by atoms with van der Waals surface area (Å²) >= 11 is 0. The second kappa shape index (κ2) is 4.16. The number of halogens is 2. The van der Waals surface area contributed by atoms with Crippen molar-refractivity contribution >= 4 is 11.0 Å². The summed E-state index contributed by atoms with van der Waals surface area (Å²) < 4.78 is 26.3. The third-order valence-electron chi connectivity index (χ3n) is 3.02. The van der Waals surface area contributed by atoms with Gasteiger partial charge < -0.3 is 4.98 Å². The molecule has 1 N–H and O–H groups in total. The first-order valence-electron chi connectivity index (χ1n) is 5.96. The molecule has 0 aliphatic heterocycles. The molecule has 0 fully saturated rings. The third kappa shape index (κ3) is 2.10. The van der Waals surface area contributed by atoms with Gasteiger partial charge in [0.1, 0.15) is 5.82 Å². The zero-order chi connectivity index (χ0) is 13.6. The van der Waals surface area contributed by atoms with E-state index in [0.717, 1.165) is 28.8 Å². The fraction of sp³-hybridized carbons (Fsp3) is 0.133. The van der Waals surface area contributed by atoms with Crippen LogP contribution in [0.5, 0.6) is 0 Å². The molecule has 1 aromatic heterocycles. The van der Waals surface area contributed by atoms with Gasteiger partial charge in [0.15, 0.2) is 11.6 Å². The Balaban J connectivity index is 2.20. The molecule has 19 heavy (non-hydrogen) atoms. The second-order valence-corrected chi connectivity index (χ2v) is 4.75. The number of hydrogen-bond donors (Lipinski definition) is 1. The zero-order valence-corrected chi connectivity index (χ0v) is 10.6. The van der Waals surface area contributed by atoms with Crippen molar-refractivity contribution in [3.63, 3.8) is 0 Å². The van der Waals surface area contributed by atoms with Gasteiger partial charge in [-0.2, -0.15) is 0 Å². The number of hydrogen-bond acceptors (Lipinski definition) is 1. The Bertz CT molecular complexity index is 716. The van der Waals surface area contributed by atoms with E-state index in [1.165, 1.54) is 0 Å². The van der Waals surface area contributed by atoms with Crippen LogP contribution in [-0.4, -0.2) is 9.97 Å². The van der Waals surface area contributed by atoms with E-state index < -0.39 is 11.6 Å². The number of nitrogens with zero attached hydrogens (tertiary/aromatic N) is 1. The molecule has 2 aromatic carbocycles. The molecular weight excluding hydrogens is 246 g/mol. The van der Waals surface area contributed by atoms with Crippen LogP contribution in [0.3, 0.4) is 0 Å². The predicted molar refractivity (Wildman–Crippen MR) is 70.9 cm³/mol. The van der Waals surface area contributed by atoms with Crippen molar-refractivity contribution in [2.75, 3.05) is 0 Å². The summed E-state index contributed by atoms with van der Waals surface area (Å²) in [6, 6.07) is 8.26. The van der Waals surface area contributed by atoms with Crippen LogP contribution in [0.15, 0.2) is 30.3 Å². The van der Waals surface area contributed by atoms with Crippen LogP contribution in [0.1, 0.15) is 11.1 Å². The molecule has 0 unspecified atom stereocenters. The van der Waals surface area contributed by atoms with Gasteiger partial charge in [0.2, 0.25) is 0 Å². The van der Waals surface area contributed by atoms with Crippen LogP contribution in [-0.2, 0) is 0 Å². The molecule has 4 heteroatoms. The van der Waals surface area contributed by atoms with Gasteiger partial charge in [0.05, 0.1) is 11.0 Å². The molecule has 0 bridgehead atoms. The van der Waals surface area contributed by atoms with E-state index in [1.54, 1.807) is 0 Å². The van der Waals surface area contributed by atoms with Crippen molar-refractivity contribution in [3.8, 4) is 11.4 Å². The molecule has 0 aliphatic rings. The Labute approximate surface area is 109 Å². The Morgan fingerprint density at radius 1 is 0.895 bits per heavy atom. The van der Waals surface area contributed by atoms with E-state index in [0.29, 0.717) is 16.9 Å². The average molecular weight is 258 g/mol. The van der Waals surface area contributed by atoms with E-state index in [2.05, 4.69) is 16.0 Å². The number of imidazole rings is 1. The molecule has 0 saturated carbocycles. The quantitative estimate of drug-likeness (QED) is 0.698. The molecule has 1 heterocycles. The Hall–Kier alpha value is -2.23. The molecule has 0 atom stereocenters. The Kier molecular flexibility index (Phi) is 2.59. The van der Waals surface area contributed by atoms with Gasteiger partial charge >= 0.3 is 0 Å². The fourth-order valence-corrected chi connectivity index (χ4v) is 2.25. The number of aryl methyl sites for hydroxylation is 2. The number of benzene rings is 2. The second-order valence-electron chi connectivity index (χ2n) is 4.75. The first-order chi connectivity index (χ1) is 9.02. The topological polar surface area (TPSA) is 28.7 Å². The third-order valence-corrected chi connectivity index (χ3v) is 3.02. The van der Waals surface area contributed by atoms with E-state index in [4.69, 9.17) is 0 Å². The molecule has 0 saturated heterocycles. The standard InChI is InChI=1S/C15H12F2N2/c1-8-3-9(2)5-10(4-8)15-18-13-6-11(16)12(17)7-14(13)19-15/h3-7H,1-2H3,(H,18,19). The van der Waals surface area contributed by atoms with Gasteiger partial charge in [-0.1, -0.05) is 17.2 Å². The molecule has 96 valence electrons. The van der Waals surface area contributed by atoms with Crippen molar-refractivity contribution in [2.24, 2.45) is 0 Å². The van der Waals surface area contributed by atoms with Crippen LogP contribution in [0.2, 0.25) is 0 Å². The van der Waals surface area contributed by atoms with Crippen molar-refractivity contribution in [1.82, 2.24) is 9.97 Å². The molecule has 0 amide bonds. The Morgan fingerprint density at radius 3 is 2.21 bits per heavy atom. The summed E-state index contributed by atoms with van der Waals surface area (Å²) in [6.45, 7) is 4.00. The summed E-state index contributed by atoms with van der Waals surface area (Å²) in [6.07, 6.45) is 0. The normalized spacial score (nSPS) is 11.2. The molecule has 3 rings (SSSR count). The van der Waals surface area contributed by atoms with E-state index in [9.17, 15) is 8.78 Å². The minimum absolute atomic E-state index is 0.424. The summed E-state index contributed by atoms with van der Waals surface area (Å²) in [5.74, 6) is -1.14. The average Bonchev–Trinajstić information content (AvgIpc) is 2.71. The van der Waals surface area contributed by atoms with Crippen molar-refractivity contribution < 1.29 is 8.78 Å². The number of H-pyrrole nitrogens is 1. The smallest absolute Gasteiger partial charge is 0.161 e. The maximum Gasteiger partial charge on any atom is 0.161 e. The lowest BCUT2D eigenvalue weighted by Gasteiger charge is -2.01. The van der Waals surface area contributed by atoms with Gasteiger partial charge in [0.25, 0.3) is 0 Å². The number of nitrogens with one attached hydrogen (secondary N) is 1. The summed E-state index contributed by atoms with van der Waals surface area (Å²) in [4.78, 5) is 7.32. The summed E-state index contributed by atoms with van der Waals surface area (Å²) in [5, 5.41) is 0. The maximum absolute atomic E-state index is 13.2. The maximum atomic E-state index is 13.2. The van der Waals surface area contributed by atoms with Gasteiger partial charge in [0, 0.05) is 17.7 Å². The predicted octanol–water partition coefficient (Wildman–Crippen LogP) is 4.12. The molecular formula is C15H12F2N2. The lowest BCUT2D eigenvalue weighted by atomic mass is 10.1. The minimum Gasteiger partial charge on any atom is -0.338 e. The molecule has 2 nitrogen and oxygen atoms in total. The van der Waals surface area contributed by atoms with Crippen molar-refractivity contribution in [3.05, 3.63) is 53.1 Å². The monoisotopic (exact) mass is 258 g/mol. The molecule has 0 spiro atoms. The van der Waals surface area contributed by atoms with Crippen LogP contribution in [0.4, 0.5) is 8.78 Å². The minimum atomic E-state index is -0.883. The zero-order valence-electron chi connectivity index (χ0n) is 10.6. The molecule has 3 aromatic rings. The van der Waals surface area contributed by atoms with Crippen LogP contribution >= 0.6 is 0 Å². The van der Waals surface area contributed by atoms with E-state index >= 15 is 0 Å². The van der Waals surface area contributed by atoms with Crippen molar-refractivity contribution in [2.45, 2.75) is 13.8 Å². The number of fused-ring (bicyclic) bond motifs is 1. The Morgan fingerprint density at radius 2 is 1.53 bits per heavy atom. The summed E-state index contributed by atoms with van der Waals surface area (Å²) in [7, 11) is 0. The van der Waals surface area contributed by atoms with Gasteiger partial charge in [-0.15, -0.1) is 0 Å². The SMILES string of the molecule is Cc1cc(C)cc(-c2nc3cc(F)c(F)cc3[nH]2)c1. The highest BCUT2D eigenvalue weighted by Gasteiger charge is 2.10. The van der Waals surface area contributed by atoms with Crippen LogP contribution in [0.25, 0.3) is 22.4 Å². The highest BCUT2D eigenvalue weighted by atomic mass is 19.2. The van der Waals surface area contributed by atoms with Gasteiger partial charge in [-0.05, 0) is 26.0 Å². The van der Waals surface area contributed by atoms with Gasteiger partial charge in [-0.3, -0.25) is 0 Å². The van der Waals surface area contributed by atoms with Gasteiger partial charge in [-0.25, -0.2) is 13.8 Å². The lowest BCUT2D eigenvalue weighted by molar-refractivity contribution is 0.510. The summed E-state index contributed by atoms with van der Waals surface area (Å²) in [5.41, 5.74) is 4.07. The number of rotatable bonds is 1. The lowest BCUT2D eigenvalue weighted by Crippen LogP contribution is -1.84. The van der Waals surface area contributed by atoms with Crippen molar-refractivity contribution in [1.29, 1.82) is 0 Å². The largest absolute Gasteiger partial charge is 0.338 e. The van der Waals surface area contributed by atoms with Crippen LogP contribution in [0, 0.1) is 25.5 Å². The number of aromatic amines is 1. The van der Waals surface area contributed by atoms with E-state index in [1.807, 2.05) is 26.0 Å². The van der Waals surface area contributed by atoms with E-state index in [-0.39, 0.29) is 0 Å². The fourth-order valence-electron chi connectivity index (χ4n) is 2.25. The highest BCUT2D eigenvalue weighted by Crippen LogP contribution is 2.24. The molecule has 0 aliphatic carbocycles. The first-order valence-corrected chi connectivity index (χ1v) is 5.96. The number of aromatic nitrogens is 2. The molecule has 0 radical (unpaired) electrons. The van der Waals surface area contributed by atoms with Crippen LogP contribution < -0.4 is 0 Å². The first kappa shape index (κ1) is 11.8.